The highest BCUT2D eigenvalue weighted by atomic mass is 16.7. The number of rotatable bonds is 8. The van der Waals surface area contributed by atoms with Crippen LogP contribution in [0.4, 0.5) is 0 Å². The van der Waals surface area contributed by atoms with Gasteiger partial charge < -0.3 is 64.6 Å². The van der Waals surface area contributed by atoms with Crippen molar-refractivity contribution in [2.45, 2.75) is 67.5 Å². The van der Waals surface area contributed by atoms with E-state index in [9.17, 15) is 40.5 Å². The van der Waals surface area contributed by atoms with Crippen molar-refractivity contribution in [2.75, 3.05) is 19.8 Å². The van der Waals surface area contributed by atoms with Gasteiger partial charge in [-0.2, -0.15) is 0 Å². The fourth-order valence-corrected chi connectivity index (χ4v) is 2.82. The van der Waals surface area contributed by atoms with Crippen LogP contribution in [0.3, 0.4) is 0 Å². The van der Waals surface area contributed by atoms with Gasteiger partial charge in [0.2, 0.25) is 0 Å². The molecule has 8 N–H and O–H groups in total. The maximum Gasteiger partial charge on any atom is 0.186 e. The smallest absolute Gasteiger partial charge is 0.186 e. The van der Waals surface area contributed by atoms with Gasteiger partial charge in [0.05, 0.1) is 19.8 Å². The Morgan fingerprint density at radius 2 is 1.29 bits per heavy atom. The average molecular weight is 414 g/mol. The van der Waals surface area contributed by atoms with Crippen molar-refractivity contribution >= 4 is 6.29 Å². The molecule has 0 bridgehead atoms. The van der Waals surface area contributed by atoms with Gasteiger partial charge in [-0.05, 0) is 0 Å². The molecule has 2 rings (SSSR count). The Morgan fingerprint density at radius 3 is 1.82 bits per heavy atom. The zero-order valence-corrected chi connectivity index (χ0v) is 14.7. The second-order valence-electron chi connectivity index (χ2n) is 6.58. The SMILES string of the molecule is O=C[C@@H](O)CO[C@@H]1O[C@H](CO[C@@H]2O[C@H](CO)[C@@H](O)[C@H](O)[C@H]2O)[C@@H](O)[C@H](O)[C@H]1O. The fraction of sp³-hybridized carbons (Fsp3) is 0.933. The first-order chi connectivity index (χ1) is 13.2. The summed E-state index contributed by atoms with van der Waals surface area (Å²) in [6.45, 7) is -1.70. The first-order valence-electron chi connectivity index (χ1n) is 8.58. The normalized spacial score (nSPS) is 45.6. The van der Waals surface area contributed by atoms with Crippen LogP contribution in [0, 0.1) is 0 Å². The topological polar surface area (TPSA) is 216 Å². The maximum atomic E-state index is 10.4. The van der Waals surface area contributed by atoms with Gasteiger partial charge in [-0.15, -0.1) is 0 Å². The number of aliphatic hydroxyl groups excluding tert-OH is 8. The van der Waals surface area contributed by atoms with E-state index in [1.165, 1.54) is 0 Å². The number of aliphatic hydroxyl groups is 8. The predicted molar refractivity (Wildman–Crippen MR) is 84.4 cm³/mol. The van der Waals surface area contributed by atoms with E-state index < -0.39 is 87.3 Å². The molecule has 2 aliphatic heterocycles. The second kappa shape index (κ2) is 10.3. The van der Waals surface area contributed by atoms with Gasteiger partial charge in [0.1, 0.15) is 54.9 Å². The number of carbonyl (C=O) groups is 1. The molecule has 0 aromatic heterocycles. The molecule has 0 amide bonds. The van der Waals surface area contributed by atoms with Crippen LogP contribution in [-0.2, 0) is 23.7 Å². The molecular weight excluding hydrogens is 388 g/mol. The van der Waals surface area contributed by atoms with Gasteiger partial charge in [-0.3, -0.25) is 0 Å². The zero-order chi connectivity index (χ0) is 21.0. The van der Waals surface area contributed by atoms with Crippen molar-refractivity contribution in [1.29, 1.82) is 0 Å². The van der Waals surface area contributed by atoms with E-state index in [2.05, 4.69) is 0 Å². The molecule has 0 aliphatic carbocycles. The van der Waals surface area contributed by atoms with Gasteiger partial charge in [0.25, 0.3) is 0 Å². The Morgan fingerprint density at radius 1 is 0.786 bits per heavy atom. The van der Waals surface area contributed by atoms with Gasteiger partial charge in [-0.25, -0.2) is 0 Å². The molecule has 0 unspecified atom stereocenters. The molecule has 0 aromatic carbocycles. The highest BCUT2D eigenvalue weighted by Crippen LogP contribution is 2.25. The Kier molecular flexibility index (Phi) is 8.62. The summed E-state index contributed by atoms with van der Waals surface area (Å²) >= 11 is 0. The summed E-state index contributed by atoms with van der Waals surface area (Å²) in [5.41, 5.74) is 0. The molecule has 0 spiro atoms. The second-order valence-corrected chi connectivity index (χ2v) is 6.58. The number of ether oxygens (including phenoxy) is 4. The molecule has 0 radical (unpaired) electrons. The van der Waals surface area contributed by atoms with Crippen molar-refractivity contribution in [3.05, 3.63) is 0 Å². The van der Waals surface area contributed by atoms with E-state index in [0.717, 1.165) is 0 Å². The van der Waals surface area contributed by atoms with Crippen LogP contribution in [0.1, 0.15) is 0 Å². The largest absolute Gasteiger partial charge is 0.394 e. The molecule has 13 nitrogen and oxygen atoms in total. The number of hydrogen-bond donors (Lipinski definition) is 8. The first-order valence-corrected chi connectivity index (χ1v) is 8.58. The van der Waals surface area contributed by atoms with Crippen molar-refractivity contribution in [1.82, 2.24) is 0 Å². The van der Waals surface area contributed by atoms with E-state index in [1.54, 1.807) is 0 Å². The van der Waals surface area contributed by atoms with Crippen LogP contribution in [0.5, 0.6) is 0 Å². The number of aldehydes is 1. The third-order valence-corrected chi connectivity index (χ3v) is 4.53. The Hall–Kier alpha value is -0.810. The lowest BCUT2D eigenvalue weighted by Gasteiger charge is -2.42. The lowest BCUT2D eigenvalue weighted by molar-refractivity contribution is -0.332. The van der Waals surface area contributed by atoms with Crippen molar-refractivity contribution in [2.24, 2.45) is 0 Å². The van der Waals surface area contributed by atoms with Gasteiger partial charge >= 0.3 is 0 Å². The minimum absolute atomic E-state index is 0.195. The summed E-state index contributed by atoms with van der Waals surface area (Å²) in [6.07, 6.45) is -16.7. The Bertz CT molecular complexity index is 491. The van der Waals surface area contributed by atoms with Crippen molar-refractivity contribution in [3.8, 4) is 0 Å². The molecule has 11 atom stereocenters. The molecule has 28 heavy (non-hydrogen) atoms. The minimum atomic E-state index is -1.71. The molecule has 164 valence electrons. The number of hydrogen-bond acceptors (Lipinski definition) is 13. The third-order valence-electron chi connectivity index (χ3n) is 4.53. The van der Waals surface area contributed by atoms with Crippen LogP contribution in [0.2, 0.25) is 0 Å². The first kappa shape index (κ1) is 23.5. The molecule has 13 heteroatoms. The molecular formula is C15H26O13. The van der Waals surface area contributed by atoms with Crippen molar-refractivity contribution in [3.63, 3.8) is 0 Å². The summed E-state index contributed by atoms with van der Waals surface area (Å²) in [5, 5.41) is 77.5. The summed E-state index contributed by atoms with van der Waals surface area (Å²) in [6, 6.07) is 0. The van der Waals surface area contributed by atoms with Gasteiger partial charge in [0.15, 0.2) is 18.9 Å². The monoisotopic (exact) mass is 414 g/mol. The van der Waals surface area contributed by atoms with Crippen LogP contribution in [-0.4, -0.2) is 134 Å². The molecule has 2 heterocycles. The third kappa shape index (κ3) is 5.21. The number of carbonyl (C=O) groups excluding carboxylic acids is 1. The quantitative estimate of drug-likeness (QED) is 0.174. The van der Waals surface area contributed by atoms with Gasteiger partial charge in [0, 0.05) is 0 Å². The van der Waals surface area contributed by atoms with E-state index in [1.807, 2.05) is 0 Å². The summed E-state index contributed by atoms with van der Waals surface area (Å²) in [7, 11) is 0. The zero-order valence-electron chi connectivity index (χ0n) is 14.7. The van der Waals surface area contributed by atoms with Crippen LogP contribution < -0.4 is 0 Å². The average Bonchev–Trinajstić information content (AvgIpc) is 2.70. The highest BCUT2D eigenvalue weighted by molar-refractivity contribution is 5.55. The lowest BCUT2D eigenvalue weighted by Crippen LogP contribution is -2.61. The van der Waals surface area contributed by atoms with Crippen molar-refractivity contribution < 1.29 is 64.6 Å². The van der Waals surface area contributed by atoms with Crippen LogP contribution in [0.25, 0.3) is 0 Å². The van der Waals surface area contributed by atoms with E-state index in [4.69, 9.17) is 24.1 Å². The summed E-state index contributed by atoms with van der Waals surface area (Å²) in [4.78, 5) is 10.4. The summed E-state index contributed by atoms with van der Waals surface area (Å²) in [5.74, 6) is 0. The highest BCUT2D eigenvalue weighted by Gasteiger charge is 2.47. The van der Waals surface area contributed by atoms with E-state index in [-0.39, 0.29) is 6.29 Å². The van der Waals surface area contributed by atoms with Crippen LogP contribution >= 0.6 is 0 Å². The molecule has 2 fully saturated rings. The molecule has 0 aromatic rings. The standard InChI is InChI=1S/C15H26O13/c16-1-5(18)3-25-14-13(24)11(22)9(20)7(28-14)4-26-15-12(23)10(21)8(19)6(2-17)27-15/h1,5-15,17-24H,2-4H2/t5-,6-,7-,8-,9-,10+,11+,12-,13-,14-,15-/m1/s1. The molecule has 2 saturated heterocycles. The predicted octanol–water partition coefficient (Wildman–Crippen LogP) is -5.81. The van der Waals surface area contributed by atoms with E-state index >= 15 is 0 Å². The molecule has 0 saturated carbocycles. The fourth-order valence-electron chi connectivity index (χ4n) is 2.82. The maximum absolute atomic E-state index is 10.4. The Labute approximate surface area is 159 Å². The van der Waals surface area contributed by atoms with Crippen LogP contribution in [0.15, 0.2) is 0 Å². The van der Waals surface area contributed by atoms with Gasteiger partial charge in [-0.1, -0.05) is 0 Å². The van der Waals surface area contributed by atoms with E-state index in [0.29, 0.717) is 0 Å². The summed E-state index contributed by atoms with van der Waals surface area (Å²) < 4.78 is 20.7. The lowest BCUT2D eigenvalue weighted by atomic mass is 9.98. The molecule has 2 aliphatic rings. The minimum Gasteiger partial charge on any atom is -0.394 e. The Balaban J connectivity index is 1.96.